The molecule has 20 heavy (non-hydrogen) atoms. The van der Waals surface area contributed by atoms with E-state index in [2.05, 4.69) is 20.5 Å². The molecule has 2 aromatic rings. The van der Waals surface area contributed by atoms with E-state index in [-0.39, 0.29) is 0 Å². The fraction of sp³-hybridized carbons (Fsp3) is 0.571. The van der Waals surface area contributed by atoms with Gasteiger partial charge in [0.25, 0.3) is 0 Å². The molecule has 1 saturated heterocycles. The van der Waals surface area contributed by atoms with Crippen LogP contribution in [-0.2, 0) is 0 Å². The Hall–Kier alpha value is -1.82. The monoisotopic (exact) mass is 275 g/mol. The van der Waals surface area contributed by atoms with Crippen molar-refractivity contribution < 1.29 is 4.63 Å². The van der Waals surface area contributed by atoms with Crippen LogP contribution < -0.4 is 11.1 Å². The molecule has 1 aliphatic heterocycles. The van der Waals surface area contributed by atoms with Crippen molar-refractivity contribution in [2.45, 2.75) is 25.7 Å². The van der Waals surface area contributed by atoms with Crippen molar-refractivity contribution in [1.29, 1.82) is 0 Å². The summed E-state index contributed by atoms with van der Waals surface area (Å²) in [4.78, 5) is 2.52. The van der Waals surface area contributed by atoms with Gasteiger partial charge in [-0.05, 0) is 48.4 Å². The molecule has 0 aliphatic carbocycles. The zero-order valence-electron chi connectivity index (χ0n) is 11.6. The molecule has 0 atom stereocenters. The van der Waals surface area contributed by atoms with Crippen molar-refractivity contribution in [3.63, 3.8) is 0 Å². The van der Waals surface area contributed by atoms with E-state index in [1.165, 1.54) is 38.8 Å². The molecule has 1 aromatic heterocycles. The van der Waals surface area contributed by atoms with E-state index in [1.807, 2.05) is 12.1 Å². The first kappa shape index (κ1) is 13.2. The number of nitrogens with one attached hydrogen (secondary N) is 1. The van der Waals surface area contributed by atoms with Crippen LogP contribution in [0.15, 0.2) is 16.8 Å². The van der Waals surface area contributed by atoms with Gasteiger partial charge in [0.15, 0.2) is 11.0 Å². The summed E-state index contributed by atoms with van der Waals surface area (Å²) in [7, 11) is 0. The van der Waals surface area contributed by atoms with Crippen LogP contribution in [0.5, 0.6) is 0 Å². The molecule has 0 spiro atoms. The van der Waals surface area contributed by atoms with E-state index in [1.54, 1.807) is 0 Å². The fourth-order valence-electron chi connectivity index (χ4n) is 2.74. The summed E-state index contributed by atoms with van der Waals surface area (Å²) in [5.74, 6) is 0. The van der Waals surface area contributed by atoms with Gasteiger partial charge in [0.05, 0.1) is 11.4 Å². The summed E-state index contributed by atoms with van der Waals surface area (Å²) < 4.78 is 4.77. The highest BCUT2D eigenvalue weighted by Gasteiger charge is 2.11. The lowest BCUT2D eigenvalue weighted by Crippen LogP contribution is -2.30. The van der Waals surface area contributed by atoms with E-state index in [0.717, 1.165) is 18.8 Å². The van der Waals surface area contributed by atoms with E-state index in [0.29, 0.717) is 16.7 Å². The van der Waals surface area contributed by atoms with E-state index in [4.69, 9.17) is 10.4 Å². The van der Waals surface area contributed by atoms with Crippen molar-refractivity contribution in [2.75, 3.05) is 37.2 Å². The number of nitrogens with two attached hydrogens (primary N) is 1. The van der Waals surface area contributed by atoms with Crippen LogP contribution in [0, 0.1) is 0 Å². The number of fused-ring (bicyclic) bond motifs is 1. The summed E-state index contributed by atoms with van der Waals surface area (Å²) in [5.41, 5.74) is 8.70. The lowest BCUT2D eigenvalue weighted by Gasteiger charge is -2.20. The number of benzene rings is 1. The van der Waals surface area contributed by atoms with E-state index < -0.39 is 0 Å². The Morgan fingerprint density at radius 2 is 1.85 bits per heavy atom. The first-order chi connectivity index (χ1) is 9.84. The average molecular weight is 275 g/mol. The largest absolute Gasteiger partial charge is 0.397 e. The Morgan fingerprint density at radius 1 is 1.10 bits per heavy atom. The normalized spacial score (nSPS) is 17.2. The summed E-state index contributed by atoms with van der Waals surface area (Å²) in [6, 6.07) is 3.77. The second-order valence-electron chi connectivity index (χ2n) is 5.35. The van der Waals surface area contributed by atoms with Crippen LogP contribution in [-0.4, -0.2) is 41.4 Å². The summed E-state index contributed by atoms with van der Waals surface area (Å²) >= 11 is 0. The Bertz CT molecular complexity index is 560. The number of hydrogen-bond donors (Lipinski definition) is 2. The maximum absolute atomic E-state index is 5.83. The summed E-state index contributed by atoms with van der Waals surface area (Å²) in [6.45, 7) is 4.37. The minimum absolute atomic E-state index is 0.597. The number of hydrogen-bond acceptors (Lipinski definition) is 6. The topological polar surface area (TPSA) is 80.2 Å². The van der Waals surface area contributed by atoms with Gasteiger partial charge >= 0.3 is 0 Å². The Labute approximate surface area is 118 Å². The fourth-order valence-corrected chi connectivity index (χ4v) is 2.74. The molecule has 1 aromatic carbocycles. The molecule has 0 radical (unpaired) electrons. The van der Waals surface area contributed by atoms with Crippen LogP contribution in [0.25, 0.3) is 11.0 Å². The third-order valence-corrected chi connectivity index (χ3v) is 3.89. The highest BCUT2D eigenvalue weighted by Crippen LogP contribution is 2.24. The lowest BCUT2D eigenvalue weighted by molar-refractivity contribution is 0.296. The van der Waals surface area contributed by atoms with Crippen molar-refractivity contribution in [1.82, 2.24) is 15.2 Å². The van der Waals surface area contributed by atoms with Crippen molar-refractivity contribution >= 4 is 22.4 Å². The third kappa shape index (κ3) is 2.85. The molecule has 0 saturated carbocycles. The Kier molecular flexibility index (Phi) is 4.01. The molecule has 1 fully saturated rings. The standard InChI is InChI=1S/C14H21N5O/c15-11-5-6-12(14-13(11)17-20-18-14)16-7-10-19-8-3-1-2-4-9-19/h5-6,16H,1-4,7-10,15H2. The van der Waals surface area contributed by atoms with Gasteiger partial charge in [-0.3, -0.25) is 0 Å². The van der Waals surface area contributed by atoms with E-state index >= 15 is 0 Å². The van der Waals surface area contributed by atoms with Gasteiger partial charge in [-0.15, -0.1) is 0 Å². The molecule has 3 rings (SSSR count). The second-order valence-corrected chi connectivity index (χ2v) is 5.35. The predicted molar refractivity (Wildman–Crippen MR) is 79.6 cm³/mol. The van der Waals surface area contributed by atoms with Gasteiger partial charge in [0.2, 0.25) is 0 Å². The zero-order chi connectivity index (χ0) is 13.8. The van der Waals surface area contributed by atoms with Crippen LogP contribution >= 0.6 is 0 Å². The van der Waals surface area contributed by atoms with Crippen LogP contribution in [0.3, 0.4) is 0 Å². The minimum atomic E-state index is 0.597. The number of nitrogens with zero attached hydrogens (tertiary/aromatic N) is 3. The number of likely N-dealkylation sites (tertiary alicyclic amines) is 1. The van der Waals surface area contributed by atoms with Crippen molar-refractivity contribution in [3.8, 4) is 0 Å². The zero-order valence-corrected chi connectivity index (χ0v) is 11.6. The molecular formula is C14H21N5O. The second kappa shape index (κ2) is 6.09. The van der Waals surface area contributed by atoms with Gasteiger partial charge < -0.3 is 16.0 Å². The lowest BCUT2D eigenvalue weighted by atomic mass is 10.2. The number of nitrogen functional groups attached to an aromatic ring is 1. The van der Waals surface area contributed by atoms with E-state index in [9.17, 15) is 0 Å². The first-order valence-electron chi connectivity index (χ1n) is 7.31. The first-order valence-corrected chi connectivity index (χ1v) is 7.31. The number of anilines is 2. The van der Waals surface area contributed by atoms with Crippen molar-refractivity contribution in [3.05, 3.63) is 12.1 Å². The Morgan fingerprint density at radius 3 is 2.65 bits per heavy atom. The van der Waals surface area contributed by atoms with Crippen LogP contribution in [0.4, 0.5) is 11.4 Å². The van der Waals surface area contributed by atoms with Crippen LogP contribution in [0.2, 0.25) is 0 Å². The molecule has 0 unspecified atom stereocenters. The van der Waals surface area contributed by atoms with Gasteiger partial charge in [0.1, 0.15) is 0 Å². The highest BCUT2D eigenvalue weighted by atomic mass is 16.6. The smallest absolute Gasteiger partial charge is 0.160 e. The maximum Gasteiger partial charge on any atom is 0.160 e. The summed E-state index contributed by atoms with van der Waals surface area (Å²) in [6.07, 6.45) is 5.37. The molecule has 6 nitrogen and oxygen atoms in total. The average Bonchev–Trinajstić information content (AvgIpc) is 2.81. The van der Waals surface area contributed by atoms with Crippen LogP contribution in [0.1, 0.15) is 25.7 Å². The quantitative estimate of drug-likeness (QED) is 0.832. The molecule has 3 N–H and O–H groups in total. The van der Waals surface area contributed by atoms with Crippen molar-refractivity contribution in [2.24, 2.45) is 0 Å². The molecule has 1 aliphatic rings. The molecule has 6 heteroatoms. The molecule has 2 heterocycles. The third-order valence-electron chi connectivity index (χ3n) is 3.89. The summed E-state index contributed by atoms with van der Waals surface area (Å²) in [5, 5.41) is 11.2. The maximum atomic E-state index is 5.83. The minimum Gasteiger partial charge on any atom is -0.397 e. The predicted octanol–water partition coefficient (Wildman–Crippen LogP) is 2.09. The van der Waals surface area contributed by atoms with Gasteiger partial charge in [-0.25, -0.2) is 4.63 Å². The highest BCUT2D eigenvalue weighted by molar-refractivity contribution is 5.94. The molecule has 108 valence electrons. The molecule has 0 amide bonds. The molecular weight excluding hydrogens is 254 g/mol. The SMILES string of the molecule is Nc1ccc(NCCN2CCCCCC2)c2nonc12. The number of rotatable bonds is 4. The van der Waals surface area contributed by atoms with Gasteiger partial charge in [0, 0.05) is 13.1 Å². The number of aromatic nitrogens is 2. The molecule has 0 bridgehead atoms. The Balaban J connectivity index is 1.59. The van der Waals surface area contributed by atoms with Gasteiger partial charge in [-0.2, -0.15) is 0 Å². The van der Waals surface area contributed by atoms with Gasteiger partial charge in [-0.1, -0.05) is 12.8 Å².